The van der Waals surface area contributed by atoms with Crippen molar-refractivity contribution in [2.75, 3.05) is 0 Å². The van der Waals surface area contributed by atoms with Gasteiger partial charge >= 0.3 is 0 Å². The van der Waals surface area contributed by atoms with Gasteiger partial charge in [-0.2, -0.15) is 0 Å². The lowest BCUT2D eigenvalue weighted by molar-refractivity contribution is -0.203. The summed E-state index contributed by atoms with van der Waals surface area (Å²) in [6.45, 7) is 6.64. The average molecular weight is 305 g/mol. The van der Waals surface area contributed by atoms with Crippen molar-refractivity contribution < 1.29 is 10.2 Å². The Morgan fingerprint density at radius 2 is 1.86 bits per heavy atom. The minimum atomic E-state index is -0.592. The molecule has 0 aromatic rings. The van der Waals surface area contributed by atoms with Crippen LogP contribution in [0.1, 0.15) is 51.9 Å². The van der Waals surface area contributed by atoms with Crippen molar-refractivity contribution in [2.24, 2.45) is 40.7 Å². The minimum Gasteiger partial charge on any atom is -0.390 e. The lowest BCUT2D eigenvalue weighted by atomic mass is 9.45. The van der Waals surface area contributed by atoms with Crippen LogP contribution in [0.4, 0.5) is 0 Å². The van der Waals surface area contributed by atoms with Crippen molar-refractivity contribution in [3.63, 3.8) is 0 Å². The van der Waals surface area contributed by atoms with Crippen molar-refractivity contribution in [2.45, 2.75) is 70.1 Å². The van der Waals surface area contributed by atoms with E-state index in [2.05, 4.69) is 13.5 Å². The van der Waals surface area contributed by atoms with E-state index in [0.29, 0.717) is 17.8 Å². The largest absolute Gasteiger partial charge is 0.390 e. The highest BCUT2D eigenvalue weighted by molar-refractivity contribution is 5.17. The molecule has 4 N–H and O–H groups in total. The lowest BCUT2D eigenvalue weighted by Gasteiger charge is -2.61. The first-order valence-electron chi connectivity index (χ1n) is 9.23. The summed E-state index contributed by atoms with van der Waals surface area (Å²) in [4.78, 5) is 0. The molecule has 0 aromatic heterocycles. The molecule has 0 aromatic carbocycles. The maximum Gasteiger partial charge on any atom is 0.0836 e. The van der Waals surface area contributed by atoms with Crippen LogP contribution >= 0.6 is 0 Å². The molecule has 3 nitrogen and oxygen atoms in total. The SMILES string of the molecule is C=C1CCC2C1CCC1C2[C@@H](O)[C@H](O)C2C[C@@H](N)CC[C@]12C. The summed E-state index contributed by atoms with van der Waals surface area (Å²) in [5.41, 5.74) is 7.73. The van der Waals surface area contributed by atoms with E-state index in [1.54, 1.807) is 0 Å². The first-order valence-corrected chi connectivity index (χ1v) is 9.23. The summed E-state index contributed by atoms with van der Waals surface area (Å²) < 4.78 is 0. The Hall–Kier alpha value is -0.380. The Morgan fingerprint density at radius 3 is 2.64 bits per heavy atom. The number of aliphatic hydroxyl groups is 2. The van der Waals surface area contributed by atoms with Crippen molar-refractivity contribution in [1.82, 2.24) is 0 Å². The highest BCUT2D eigenvalue weighted by Crippen LogP contribution is 2.63. The Labute approximate surface area is 134 Å². The monoisotopic (exact) mass is 305 g/mol. The van der Waals surface area contributed by atoms with Crippen molar-refractivity contribution in [3.05, 3.63) is 12.2 Å². The van der Waals surface area contributed by atoms with Crippen LogP contribution in [-0.4, -0.2) is 28.5 Å². The fourth-order valence-electron chi connectivity index (χ4n) is 6.88. The zero-order valence-electron chi connectivity index (χ0n) is 13.7. The van der Waals surface area contributed by atoms with Gasteiger partial charge in [0, 0.05) is 6.04 Å². The third kappa shape index (κ3) is 1.91. The highest BCUT2D eigenvalue weighted by Gasteiger charge is 2.61. The maximum absolute atomic E-state index is 10.9. The van der Waals surface area contributed by atoms with Gasteiger partial charge in [0.1, 0.15) is 0 Å². The van der Waals surface area contributed by atoms with Gasteiger partial charge in [0.15, 0.2) is 0 Å². The van der Waals surface area contributed by atoms with Crippen LogP contribution in [-0.2, 0) is 0 Å². The van der Waals surface area contributed by atoms with Crippen LogP contribution in [0.3, 0.4) is 0 Å². The molecule has 5 unspecified atom stereocenters. The van der Waals surface area contributed by atoms with E-state index in [9.17, 15) is 10.2 Å². The number of hydrogen-bond donors (Lipinski definition) is 3. The average Bonchev–Trinajstić information content (AvgIpc) is 2.88. The summed E-state index contributed by atoms with van der Waals surface area (Å²) in [6.07, 6.45) is 6.61. The second-order valence-electron chi connectivity index (χ2n) is 8.86. The maximum atomic E-state index is 10.9. The molecule has 0 heterocycles. The van der Waals surface area contributed by atoms with Gasteiger partial charge in [-0.25, -0.2) is 0 Å². The smallest absolute Gasteiger partial charge is 0.0836 e. The van der Waals surface area contributed by atoms with E-state index >= 15 is 0 Å². The topological polar surface area (TPSA) is 66.5 Å². The molecule has 0 amide bonds. The van der Waals surface area contributed by atoms with Gasteiger partial charge in [0.05, 0.1) is 12.2 Å². The molecule has 0 saturated heterocycles. The van der Waals surface area contributed by atoms with Gasteiger partial charge in [-0.3, -0.25) is 0 Å². The molecule has 4 aliphatic rings. The molecule has 3 heteroatoms. The molecule has 4 fully saturated rings. The summed E-state index contributed by atoms with van der Waals surface area (Å²) in [6, 6.07) is 0.194. The fraction of sp³-hybridized carbons (Fsp3) is 0.895. The zero-order valence-corrected chi connectivity index (χ0v) is 13.7. The molecule has 124 valence electrons. The number of fused-ring (bicyclic) bond motifs is 5. The van der Waals surface area contributed by atoms with Gasteiger partial charge in [-0.05, 0) is 80.0 Å². The molecule has 0 aliphatic heterocycles. The third-order valence-corrected chi connectivity index (χ3v) is 8.05. The standard InChI is InChI=1S/C19H31NO2/c1-10-3-4-13-12(10)5-6-14-16(13)18(22)17(21)15-9-11(20)7-8-19(14,15)2/h11-18,21-22H,1,3-9,20H2,2H3/t11-,12?,13?,14?,15?,16?,17+,18+,19+/m0/s1. The zero-order chi connectivity index (χ0) is 15.6. The number of rotatable bonds is 0. The fourth-order valence-corrected chi connectivity index (χ4v) is 6.88. The van der Waals surface area contributed by atoms with Crippen LogP contribution in [0.15, 0.2) is 12.2 Å². The van der Waals surface area contributed by atoms with E-state index in [-0.39, 0.29) is 23.3 Å². The van der Waals surface area contributed by atoms with Gasteiger partial charge in [0.25, 0.3) is 0 Å². The Balaban J connectivity index is 1.70. The molecule has 4 aliphatic carbocycles. The second kappa shape index (κ2) is 5.06. The van der Waals surface area contributed by atoms with Gasteiger partial charge in [0.2, 0.25) is 0 Å². The summed E-state index contributed by atoms with van der Waals surface area (Å²) in [5, 5.41) is 21.8. The molecular weight excluding hydrogens is 274 g/mol. The molecule has 0 bridgehead atoms. The van der Waals surface area contributed by atoms with Crippen LogP contribution in [0.2, 0.25) is 0 Å². The van der Waals surface area contributed by atoms with Crippen LogP contribution in [0, 0.1) is 35.0 Å². The van der Waals surface area contributed by atoms with Crippen LogP contribution < -0.4 is 5.73 Å². The van der Waals surface area contributed by atoms with E-state index in [4.69, 9.17) is 5.73 Å². The van der Waals surface area contributed by atoms with Gasteiger partial charge in [-0.1, -0.05) is 19.1 Å². The highest BCUT2D eigenvalue weighted by atomic mass is 16.3. The quantitative estimate of drug-likeness (QED) is 0.602. The lowest BCUT2D eigenvalue weighted by Crippen LogP contribution is -2.63. The van der Waals surface area contributed by atoms with Crippen molar-refractivity contribution in [1.29, 1.82) is 0 Å². The van der Waals surface area contributed by atoms with Crippen molar-refractivity contribution in [3.8, 4) is 0 Å². The molecular formula is C19H31NO2. The summed E-state index contributed by atoms with van der Waals surface area (Å²) in [7, 11) is 0. The normalized spacial score (nSPS) is 57.9. The minimum absolute atomic E-state index is 0.161. The Morgan fingerprint density at radius 1 is 1.09 bits per heavy atom. The number of aliphatic hydroxyl groups excluding tert-OH is 2. The molecule has 9 atom stereocenters. The predicted octanol–water partition coefficient (Wildman–Crippen LogP) is 2.46. The van der Waals surface area contributed by atoms with E-state index in [1.165, 1.54) is 18.4 Å². The van der Waals surface area contributed by atoms with E-state index in [0.717, 1.165) is 32.1 Å². The van der Waals surface area contributed by atoms with Gasteiger partial charge in [-0.15, -0.1) is 0 Å². The molecule has 4 saturated carbocycles. The van der Waals surface area contributed by atoms with Crippen LogP contribution in [0.5, 0.6) is 0 Å². The summed E-state index contributed by atoms with van der Waals surface area (Å²) in [5.74, 6) is 2.13. The van der Waals surface area contributed by atoms with Gasteiger partial charge < -0.3 is 15.9 Å². The predicted molar refractivity (Wildman–Crippen MR) is 87.0 cm³/mol. The molecule has 4 rings (SSSR count). The van der Waals surface area contributed by atoms with E-state index < -0.39 is 12.2 Å². The molecule has 0 spiro atoms. The molecule has 0 radical (unpaired) electrons. The Bertz CT molecular complexity index is 478. The number of nitrogens with two attached hydrogens (primary N) is 1. The first-order chi connectivity index (χ1) is 10.4. The second-order valence-corrected chi connectivity index (χ2v) is 8.86. The Kier molecular flexibility index (Phi) is 3.49. The van der Waals surface area contributed by atoms with Crippen molar-refractivity contribution >= 4 is 0 Å². The molecule has 22 heavy (non-hydrogen) atoms. The number of allylic oxidation sites excluding steroid dienone is 1. The number of hydrogen-bond acceptors (Lipinski definition) is 3. The van der Waals surface area contributed by atoms with E-state index in [1.807, 2.05) is 0 Å². The summed E-state index contributed by atoms with van der Waals surface area (Å²) >= 11 is 0. The first kappa shape index (κ1) is 15.2. The third-order valence-electron chi connectivity index (χ3n) is 8.05. The van der Waals surface area contributed by atoms with Crippen LogP contribution in [0.25, 0.3) is 0 Å².